The van der Waals surface area contributed by atoms with E-state index in [0.29, 0.717) is 12.0 Å². The van der Waals surface area contributed by atoms with Crippen LogP contribution in [-0.2, 0) is 12.0 Å². The molecule has 0 bridgehead atoms. The van der Waals surface area contributed by atoms with Crippen LogP contribution in [-0.4, -0.2) is 13.2 Å². The van der Waals surface area contributed by atoms with Crippen molar-refractivity contribution in [1.82, 2.24) is 5.32 Å². The second-order valence-electron chi connectivity index (χ2n) is 4.52. The number of nitrogens with one attached hydrogen (secondary N) is 1. The summed E-state index contributed by atoms with van der Waals surface area (Å²) in [5, 5.41) is 2.53. The van der Waals surface area contributed by atoms with Crippen LogP contribution in [0.2, 0.25) is 0 Å². The molecule has 1 aliphatic rings. The third-order valence-electron chi connectivity index (χ3n) is 3.64. The van der Waals surface area contributed by atoms with E-state index < -0.39 is 11.7 Å². The molecule has 0 fully saturated rings. The van der Waals surface area contributed by atoms with Gasteiger partial charge in [-0.3, -0.25) is 0 Å². The minimum atomic E-state index is -4.26. The van der Waals surface area contributed by atoms with Crippen LogP contribution >= 0.6 is 0 Å². The molecule has 1 aromatic carbocycles. The molecule has 1 aliphatic carbocycles. The molecule has 2 rings (SSSR count). The lowest BCUT2D eigenvalue weighted by Crippen LogP contribution is -2.52. The zero-order chi connectivity index (χ0) is 12.5. The molecule has 4 heteroatoms. The fraction of sp³-hybridized carbons (Fsp3) is 0.538. The van der Waals surface area contributed by atoms with E-state index in [1.807, 2.05) is 0 Å². The number of aryl methyl sites for hydroxylation is 1. The Hall–Kier alpha value is -1.03. The maximum absolute atomic E-state index is 13.4. The van der Waals surface area contributed by atoms with Crippen molar-refractivity contribution in [2.45, 2.75) is 37.4 Å². The Morgan fingerprint density at radius 2 is 1.88 bits per heavy atom. The second-order valence-corrected chi connectivity index (χ2v) is 4.52. The molecule has 94 valence electrons. The summed E-state index contributed by atoms with van der Waals surface area (Å²) in [7, 11) is 1.40. The van der Waals surface area contributed by atoms with E-state index in [0.717, 1.165) is 18.4 Å². The van der Waals surface area contributed by atoms with Gasteiger partial charge in [-0.1, -0.05) is 30.7 Å². The van der Waals surface area contributed by atoms with Crippen molar-refractivity contribution in [3.05, 3.63) is 35.4 Å². The van der Waals surface area contributed by atoms with Gasteiger partial charge in [-0.2, -0.15) is 13.2 Å². The number of benzene rings is 1. The number of hydrogen-bond acceptors (Lipinski definition) is 1. The Morgan fingerprint density at radius 3 is 2.53 bits per heavy atom. The monoisotopic (exact) mass is 243 g/mol. The van der Waals surface area contributed by atoms with Gasteiger partial charge < -0.3 is 5.32 Å². The maximum Gasteiger partial charge on any atom is 0.410 e. The highest BCUT2D eigenvalue weighted by Gasteiger charge is 2.55. The van der Waals surface area contributed by atoms with Gasteiger partial charge in [0, 0.05) is 0 Å². The molecular formula is C13H16F3N. The lowest BCUT2D eigenvalue weighted by Gasteiger charge is -2.36. The van der Waals surface area contributed by atoms with Crippen LogP contribution in [0.15, 0.2) is 24.3 Å². The van der Waals surface area contributed by atoms with Crippen molar-refractivity contribution in [3.63, 3.8) is 0 Å². The molecule has 0 heterocycles. The summed E-state index contributed by atoms with van der Waals surface area (Å²) in [6, 6.07) is 6.89. The molecule has 1 unspecified atom stereocenters. The third-order valence-corrected chi connectivity index (χ3v) is 3.64. The van der Waals surface area contributed by atoms with Crippen LogP contribution in [0.1, 0.15) is 30.4 Å². The zero-order valence-corrected chi connectivity index (χ0v) is 9.77. The molecule has 0 amide bonds. The number of halogens is 3. The van der Waals surface area contributed by atoms with Crippen molar-refractivity contribution >= 4 is 0 Å². The third kappa shape index (κ3) is 1.95. The molecule has 1 N–H and O–H groups in total. The number of rotatable bonds is 1. The van der Waals surface area contributed by atoms with Crippen LogP contribution in [0.25, 0.3) is 0 Å². The molecule has 1 atom stereocenters. The highest BCUT2D eigenvalue weighted by Crippen LogP contribution is 2.45. The van der Waals surface area contributed by atoms with E-state index in [2.05, 4.69) is 5.32 Å². The Kier molecular flexibility index (Phi) is 3.17. The molecule has 1 aromatic rings. The van der Waals surface area contributed by atoms with Crippen LogP contribution in [0.3, 0.4) is 0 Å². The van der Waals surface area contributed by atoms with E-state index in [1.54, 1.807) is 24.3 Å². The molecule has 0 saturated heterocycles. The molecule has 0 radical (unpaired) electrons. The first-order chi connectivity index (χ1) is 8.01. The van der Waals surface area contributed by atoms with Gasteiger partial charge in [-0.05, 0) is 37.4 Å². The normalized spacial score (nSPS) is 25.2. The summed E-state index contributed by atoms with van der Waals surface area (Å²) in [5.74, 6) is 0. The lowest BCUT2D eigenvalue weighted by atomic mass is 9.84. The average Bonchev–Trinajstić information content (AvgIpc) is 2.48. The van der Waals surface area contributed by atoms with Crippen molar-refractivity contribution in [3.8, 4) is 0 Å². The Morgan fingerprint density at radius 1 is 1.18 bits per heavy atom. The first kappa shape index (κ1) is 12.4. The summed E-state index contributed by atoms with van der Waals surface area (Å²) in [6.45, 7) is 0. The molecule has 0 saturated carbocycles. The highest BCUT2D eigenvalue weighted by atomic mass is 19.4. The van der Waals surface area contributed by atoms with Crippen LogP contribution in [0.5, 0.6) is 0 Å². The van der Waals surface area contributed by atoms with E-state index in [4.69, 9.17) is 0 Å². The maximum atomic E-state index is 13.4. The summed E-state index contributed by atoms with van der Waals surface area (Å²) in [4.78, 5) is 0. The van der Waals surface area contributed by atoms with E-state index >= 15 is 0 Å². The van der Waals surface area contributed by atoms with Crippen molar-refractivity contribution in [2.24, 2.45) is 0 Å². The van der Waals surface area contributed by atoms with Crippen molar-refractivity contribution < 1.29 is 13.2 Å². The first-order valence-electron chi connectivity index (χ1n) is 5.85. The minimum absolute atomic E-state index is 0.115. The smallest absolute Gasteiger partial charge is 0.303 e. The summed E-state index contributed by atoms with van der Waals surface area (Å²) < 4.78 is 40.2. The van der Waals surface area contributed by atoms with Gasteiger partial charge in [0.15, 0.2) is 0 Å². The minimum Gasteiger partial charge on any atom is -0.303 e. The summed E-state index contributed by atoms with van der Waals surface area (Å²) >= 11 is 0. The molecule has 0 spiro atoms. The average molecular weight is 243 g/mol. The Labute approximate surface area is 99.0 Å². The number of fused-ring (bicyclic) bond motifs is 1. The van der Waals surface area contributed by atoms with E-state index in [9.17, 15) is 13.2 Å². The van der Waals surface area contributed by atoms with Gasteiger partial charge in [0.1, 0.15) is 5.54 Å². The van der Waals surface area contributed by atoms with E-state index in [-0.39, 0.29) is 6.42 Å². The van der Waals surface area contributed by atoms with Gasteiger partial charge >= 0.3 is 6.18 Å². The molecule has 1 nitrogen and oxygen atoms in total. The SMILES string of the molecule is CNC1(C(F)(F)F)CCCCc2ccccc21. The second kappa shape index (κ2) is 4.33. The fourth-order valence-electron chi connectivity index (χ4n) is 2.69. The topological polar surface area (TPSA) is 12.0 Å². The highest BCUT2D eigenvalue weighted by molar-refractivity contribution is 5.36. The number of alkyl halides is 3. The number of hydrogen-bond donors (Lipinski definition) is 1. The Bertz CT molecular complexity index is 400. The largest absolute Gasteiger partial charge is 0.410 e. The van der Waals surface area contributed by atoms with Gasteiger partial charge in [0.25, 0.3) is 0 Å². The van der Waals surface area contributed by atoms with Crippen LogP contribution in [0.4, 0.5) is 13.2 Å². The molecule has 0 aliphatic heterocycles. The lowest BCUT2D eigenvalue weighted by molar-refractivity contribution is -0.201. The predicted octanol–water partition coefficient (Wildman–Crippen LogP) is 3.39. The molecule has 0 aromatic heterocycles. The van der Waals surface area contributed by atoms with Gasteiger partial charge in [-0.15, -0.1) is 0 Å². The Balaban J connectivity index is 2.60. The molecular weight excluding hydrogens is 227 g/mol. The van der Waals surface area contributed by atoms with Gasteiger partial charge in [0.05, 0.1) is 0 Å². The van der Waals surface area contributed by atoms with E-state index in [1.165, 1.54) is 7.05 Å². The fourth-order valence-corrected chi connectivity index (χ4v) is 2.69. The molecule has 17 heavy (non-hydrogen) atoms. The summed E-state index contributed by atoms with van der Waals surface area (Å²) in [6.07, 6.45) is -2.01. The standard InChI is InChI=1S/C13H16F3N/c1-17-12(13(14,15)16)9-5-4-7-10-6-2-3-8-11(10)12/h2-3,6,8,17H,4-5,7,9H2,1H3. The summed E-state index contributed by atoms with van der Waals surface area (Å²) in [5.41, 5.74) is -0.663. The van der Waals surface area contributed by atoms with Gasteiger partial charge in [-0.25, -0.2) is 0 Å². The van der Waals surface area contributed by atoms with Gasteiger partial charge in [0.2, 0.25) is 0 Å². The zero-order valence-electron chi connectivity index (χ0n) is 9.77. The van der Waals surface area contributed by atoms with Crippen LogP contribution in [0, 0.1) is 0 Å². The van der Waals surface area contributed by atoms with Crippen molar-refractivity contribution in [1.29, 1.82) is 0 Å². The first-order valence-corrected chi connectivity index (χ1v) is 5.85. The van der Waals surface area contributed by atoms with Crippen molar-refractivity contribution in [2.75, 3.05) is 7.05 Å². The quantitative estimate of drug-likeness (QED) is 0.745. The van der Waals surface area contributed by atoms with Crippen LogP contribution < -0.4 is 5.32 Å². The predicted molar refractivity (Wildman–Crippen MR) is 60.8 cm³/mol.